The maximum Gasteiger partial charge on any atom is 0.132 e. The van der Waals surface area contributed by atoms with Crippen molar-refractivity contribution in [3.63, 3.8) is 0 Å². The summed E-state index contributed by atoms with van der Waals surface area (Å²) in [5, 5.41) is 9.97. The number of hydrogen-bond donors (Lipinski definition) is 2. The number of hydrogen-bond acceptors (Lipinski definition) is 3. The average Bonchev–Trinajstić information content (AvgIpc) is 2.06. The molecular weight excluding hydrogens is 194 g/mol. The molecule has 0 radical (unpaired) electrons. The molecule has 0 aliphatic rings. The van der Waals surface area contributed by atoms with Crippen LogP contribution in [-0.2, 0) is 5.41 Å². The van der Waals surface area contributed by atoms with Crippen LogP contribution in [0, 0.1) is 0 Å². The zero-order valence-corrected chi connectivity index (χ0v) is 9.90. The van der Waals surface area contributed by atoms with E-state index in [1.807, 2.05) is 12.3 Å². The van der Waals surface area contributed by atoms with Gasteiger partial charge >= 0.3 is 0 Å². The van der Waals surface area contributed by atoms with Crippen molar-refractivity contribution in [2.24, 2.45) is 0 Å². The van der Waals surface area contributed by atoms with Gasteiger partial charge in [0.25, 0.3) is 0 Å². The van der Waals surface area contributed by atoms with Crippen LogP contribution in [0.2, 0.25) is 0 Å². The molecule has 0 heterocycles. The Morgan fingerprint density at radius 1 is 1.29 bits per heavy atom. The quantitative estimate of drug-likeness (QED) is 0.426. The van der Waals surface area contributed by atoms with Crippen molar-refractivity contribution >= 4 is 17.4 Å². The van der Waals surface area contributed by atoms with Crippen LogP contribution in [0.25, 0.3) is 0 Å². The number of phenolic OH excluding ortho intramolecular Hbond substituents is 1. The summed E-state index contributed by atoms with van der Waals surface area (Å²) < 4.78 is 0. The van der Waals surface area contributed by atoms with Crippen molar-refractivity contribution in [3.8, 4) is 5.75 Å². The summed E-state index contributed by atoms with van der Waals surface area (Å²) in [6.45, 7) is 6.18. The van der Waals surface area contributed by atoms with Crippen LogP contribution in [0.5, 0.6) is 5.75 Å². The van der Waals surface area contributed by atoms with Gasteiger partial charge in [-0.2, -0.15) is 0 Å². The summed E-state index contributed by atoms with van der Waals surface area (Å²) in [7, 11) is 0. The smallest absolute Gasteiger partial charge is 0.132 e. The van der Waals surface area contributed by atoms with Crippen LogP contribution in [0.3, 0.4) is 0 Å². The zero-order valence-electron chi connectivity index (χ0n) is 9.09. The van der Waals surface area contributed by atoms with Crippen LogP contribution in [-0.4, -0.2) is 11.4 Å². The highest BCUT2D eigenvalue weighted by atomic mass is 32.2. The molecule has 0 fully saturated rings. The number of rotatable bonds is 1. The molecule has 3 N–H and O–H groups in total. The van der Waals surface area contributed by atoms with Gasteiger partial charge in [-0.15, -0.1) is 11.8 Å². The van der Waals surface area contributed by atoms with Crippen molar-refractivity contribution in [3.05, 3.63) is 17.7 Å². The first-order valence-corrected chi connectivity index (χ1v) is 5.75. The zero-order chi connectivity index (χ0) is 10.9. The molecule has 3 heteroatoms. The topological polar surface area (TPSA) is 46.2 Å². The number of thioether (sulfide) groups is 1. The minimum atomic E-state index is -0.0794. The first-order valence-electron chi connectivity index (χ1n) is 4.53. The molecule has 0 aliphatic carbocycles. The molecule has 14 heavy (non-hydrogen) atoms. The van der Waals surface area contributed by atoms with E-state index in [-0.39, 0.29) is 5.41 Å². The monoisotopic (exact) mass is 211 g/mol. The maximum absolute atomic E-state index is 9.97. The Balaban J connectivity index is 3.37. The molecule has 1 rings (SSSR count). The van der Waals surface area contributed by atoms with E-state index in [2.05, 4.69) is 20.8 Å². The lowest BCUT2D eigenvalue weighted by Gasteiger charge is -2.22. The molecule has 1 aromatic carbocycles. The van der Waals surface area contributed by atoms with Gasteiger partial charge in [-0.05, 0) is 23.8 Å². The molecule has 2 nitrogen and oxygen atoms in total. The molecule has 0 amide bonds. The predicted molar refractivity (Wildman–Crippen MR) is 63.0 cm³/mol. The number of phenols is 1. The molecule has 0 atom stereocenters. The van der Waals surface area contributed by atoms with E-state index >= 15 is 0 Å². The lowest BCUT2D eigenvalue weighted by molar-refractivity contribution is 0.435. The highest BCUT2D eigenvalue weighted by molar-refractivity contribution is 7.98. The normalized spacial score (nSPS) is 11.7. The third-order valence-electron chi connectivity index (χ3n) is 2.13. The van der Waals surface area contributed by atoms with E-state index in [1.54, 1.807) is 6.07 Å². The summed E-state index contributed by atoms with van der Waals surface area (Å²) in [5.74, 6) is 0.360. The summed E-state index contributed by atoms with van der Waals surface area (Å²) >= 11 is 1.51. The summed E-state index contributed by atoms with van der Waals surface area (Å²) in [6, 6.07) is 3.64. The molecule has 0 aliphatic heterocycles. The van der Waals surface area contributed by atoms with Crippen molar-refractivity contribution < 1.29 is 5.11 Å². The van der Waals surface area contributed by atoms with E-state index < -0.39 is 0 Å². The van der Waals surface area contributed by atoms with E-state index in [1.165, 1.54) is 11.8 Å². The second-order valence-corrected chi connectivity index (χ2v) is 5.22. The van der Waals surface area contributed by atoms with Gasteiger partial charge in [-0.1, -0.05) is 20.8 Å². The minimum Gasteiger partial charge on any atom is -0.506 e. The Morgan fingerprint density at radius 2 is 1.86 bits per heavy atom. The predicted octanol–water partition coefficient (Wildman–Crippen LogP) is 2.99. The van der Waals surface area contributed by atoms with Crippen LogP contribution in [0.1, 0.15) is 26.3 Å². The van der Waals surface area contributed by atoms with Crippen LogP contribution < -0.4 is 5.73 Å². The van der Waals surface area contributed by atoms with Crippen LogP contribution in [0.15, 0.2) is 17.0 Å². The summed E-state index contributed by atoms with van der Waals surface area (Å²) in [5.41, 5.74) is 7.31. The lowest BCUT2D eigenvalue weighted by Crippen LogP contribution is -2.12. The summed E-state index contributed by atoms with van der Waals surface area (Å²) in [6.07, 6.45) is 1.93. The summed E-state index contributed by atoms with van der Waals surface area (Å²) in [4.78, 5) is 0.843. The highest BCUT2D eigenvalue weighted by Crippen LogP contribution is 2.38. The Morgan fingerprint density at radius 3 is 2.29 bits per heavy atom. The van der Waals surface area contributed by atoms with Crippen LogP contribution >= 0.6 is 11.8 Å². The SMILES string of the molecule is CSc1cc(N)cc(C(C)(C)C)c1O. The van der Waals surface area contributed by atoms with Crippen molar-refractivity contribution in [2.75, 3.05) is 12.0 Å². The molecule has 0 saturated carbocycles. The Kier molecular flexibility index (Phi) is 3.00. The van der Waals surface area contributed by atoms with E-state index in [4.69, 9.17) is 5.73 Å². The fraction of sp³-hybridized carbons (Fsp3) is 0.455. The second-order valence-electron chi connectivity index (χ2n) is 4.37. The molecule has 1 aromatic rings. The molecule has 0 saturated heterocycles. The van der Waals surface area contributed by atoms with Gasteiger partial charge in [0.05, 0.1) is 4.90 Å². The Labute approximate surface area is 89.5 Å². The molecule has 0 bridgehead atoms. The van der Waals surface area contributed by atoms with Crippen molar-refractivity contribution in [2.45, 2.75) is 31.1 Å². The number of benzene rings is 1. The van der Waals surface area contributed by atoms with E-state index in [0.29, 0.717) is 11.4 Å². The number of nitrogen functional groups attached to an aromatic ring is 1. The van der Waals surface area contributed by atoms with Crippen molar-refractivity contribution in [1.82, 2.24) is 0 Å². The number of anilines is 1. The van der Waals surface area contributed by atoms with Gasteiger partial charge < -0.3 is 10.8 Å². The van der Waals surface area contributed by atoms with Crippen molar-refractivity contribution in [1.29, 1.82) is 0 Å². The Bertz CT molecular complexity index is 342. The second kappa shape index (κ2) is 3.73. The lowest BCUT2D eigenvalue weighted by atomic mass is 9.86. The molecule has 78 valence electrons. The van der Waals surface area contributed by atoms with Crippen LogP contribution in [0.4, 0.5) is 5.69 Å². The fourth-order valence-corrected chi connectivity index (χ4v) is 1.91. The van der Waals surface area contributed by atoms with E-state index in [9.17, 15) is 5.11 Å². The first-order chi connectivity index (χ1) is 6.36. The molecule has 0 aromatic heterocycles. The third kappa shape index (κ3) is 2.15. The van der Waals surface area contributed by atoms with Gasteiger partial charge in [-0.25, -0.2) is 0 Å². The van der Waals surface area contributed by atoms with Gasteiger partial charge in [0.15, 0.2) is 0 Å². The van der Waals surface area contributed by atoms with Gasteiger partial charge in [0.2, 0.25) is 0 Å². The third-order valence-corrected chi connectivity index (χ3v) is 2.88. The van der Waals surface area contributed by atoms with E-state index in [0.717, 1.165) is 10.5 Å². The van der Waals surface area contributed by atoms with Gasteiger partial charge in [0, 0.05) is 11.3 Å². The maximum atomic E-state index is 9.97. The fourth-order valence-electron chi connectivity index (χ4n) is 1.36. The largest absolute Gasteiger partial charge is 0.506 e. The minimum absolute atomic E-state index is 0.0794. The highest BCUT2D eigenvalue weighted by Gasteiger charge is 2.20. The number of nitrogens with two attached hydrogens (primary N) is 1. The van der Waals surface area contributed by atoms with Gasteiger partial charge in [-0.3, -0.25) is 0 Å². The molecular formula is C11H17NOS. The number of aromatic hydroxyl groups is 1. The Hall–Kier alpha value is -0.830. The first kappa shape index (κ1) is 11.2. The van der Waals surface area contributed by atoms with Gasteiger partial charge in [0.1, 0.15) is 5.75 Å². The average molecular weight is 211 g/mol. The molecule has 0 spiro atoms. The molecule has 0 unspecified atom stereocenters. The standard InChI is InChI=1S/C11H17NOS/c1-11(2,3)8-5-7(12)6-9(14-4)10(8)13/h5-6,13H,12H2,1-4H3.